The number of nitrogens with one attached hydrogen (secondary N) is 1. The number of carboxylic acid groups (broad SMARTS) is 1. The zero-order valence-electron chi connectivity index (χ0n) is 21.2. The third kappa shape index (κ3) is 4.33. The Hall–Kier alpha value is -4.78. The van der Waals surface area contributed by atoms with Gasteiger partial charge in [0.05, 0.1) is 16.6 Å². The molecular weight excluding hydrogens is 534 g/mol. The Morgan fingerprint density at radius 1 is 1.02 bits per heavy atom. The maximum Gasteiger partial charge on any atom is 0.407 e. The molecule has 5 heterocycles. The molecule has 0 aliphatic carbocycles. The minimum atomic E-state index is -4.04. The van der Waals surface area contributed by atoms with E-state index in [0.29, 0.717) is 30.5 Å². The maximum absolute atomic E-state index is 13.9. The van der Waals surface area contributed by atoms with E-state index in [9.17, 15) is 23.1 Å². The van der Waals surface area contributed by atoms with Crippen LogP contribution >= 0.6 is 0 Å². The smallest absolute Gasteiger partial charge is 0.407 e. The van der Waals surface area contributed by atoms with Gasteiger partial charge in [0.25, 0.3) is 10.0 Å². The number of nitrogens with zero attached hydrogens (tertiary/aromatic N) is 6. The molecule has 1 aromatic carbocycles. The number of pyridine rings is 1. The molecule has 4 aromatic heterocycles. The predicted octanol–water partition coefficient (Wildman–Crippen LogP) is 2.78. The van der Waals surface area contributed by atoms with Crippen LogP contribution in [0.2, 0.25) is 0 Å². The van der Waals surface area contributed by atoms with Crippen LogP contribution < -0.4 is 5.32 Å². The monoisotopic (exact) mass is 559 g/mol. The number of likely N-dealkylation sites (tertiary alicyclic amines) is 1. The zero-order valence-corrected chi connectivity index (χ0v) is 22.0. The highest BCUT2D eigenvalue weighted by Crippen LogP contribution is 2.34. The lowest BCUT2D eigenvalue weighted by atomic mass is 10.1. The van der Waals surface area contributed by atoms with Crippen LogP contribution in [0, 0.1) is 0 Å². The second-order valence-electron chi connectivity index (χ2n) is 9.45. The SMILES string of the molecule is O=C(NCCc1cc2c(-c3cnn4ncccc34)ccnc2n1S(=O)(=O)c1ccccc1)[C@@H]1CCCN1C(=O)O. The largest absolute Gasteiger partial charge is 0.465 e. The molecule has 40 heavy (non-hydrogen) atoms. The summed E-state index contributed by atoms with van der Waals surface area (Å²) < 4.78 is 30.5. The topological polar surface area (TPSA) is 152 Å². The summed E-state index contributed by atoms with van der Waals surface area (Å²) in [6.07, 6.45) is 4.96. The molecule has 13 heteroatoms. The van der Waals surface area contributed by atoms with Gasteiger partial charge in [0.15, 0.2) is 5.65 Å². The number of hydrogen-bond donors (Lipinski definition) is 2. The van der Waals surface area contributed by atoms with Gasteiger partial charge in [0.1, 0.15) is 6.04 Å². The van der Waals surface area contributed by atoms with Gasteiger partial charge in [-0.25, -0.2) is 22.2 Å². The first kappa shape index (κ1) is 25.5. The fourth-order valence-electron chi connectivity index (χ4n) is 5.24. The first-order valence-corrected chi connectivity index (χ1v) is 14.2. The van der Waals surface area contributed by atoms with Gasteiger partial charge in [0.2, 0.25) is 5.91 Å². The number of benzene rings is 1. The molecule has 204 valence electrons. The van der Waals surface area contributed by atoms with E-state index in [4.69, 9.17) is 0 Å². The van der Waals surface area contributed by atoms with Gasteiger partial charge in [-0.3, -0.25) is 9.69 Å². The Labute approximate surface area is 228 Å². The summed E-state index contributed by atoms with van der Waals surface area (Å²) in [6.45, 7) is 0.421. The predicted molar refractivity (Wildman–Crippen MR) is 145 cm³/mol. The van der Waals surface area contributed by atoms with Crippen LogP contribution in [0.3, 0.4) is 0 Å². The Morgan fingerprint density at radius 2 is 1.85 bits per heavy atom. The van der Waals surface area contributed by atoms with Crippen LogP contribution in [0.4, 0.5) is 4.79 Å². The standard InChI is InChI=1S/C27H25N7O5S/c35-26(24-9-5-15-32(24)27(36)37)29-13-10-18-16-21-20(22-17-31-34-23(22)8-4-12-30-34)11-14-28-25(21)33(18)40(38,39)19-6-2-1-3-7-19/h1-4,6-8,11-12,14,16-17,24H,5,9-10,13,15H2,(H,29,35)(H,36,37)/t24-/m0/s1. The van der Waals surface area contributed by atoms with E-state index in [1.165, 1.54) is 20.7 Å². The Balaban J connectivity index is 1.41. The van der Waals surface area contributed by atoms with Gasteiger partial charge in [-0.1, -0.05) is 18.2 Å². The summed E-state index contributed by atoms with van der Waals surface area (Å²) >= 11 is 0. The minimum Gasteiger partial charge on any atom is -0.465 e. The third-order valence-electron chi connectivity index (χ3n) is 7.09. The molecule has 2 amide bonds. The molecule has 1 atom stereocenters. The molecule has 1 aliphatic heterocycles. The minimum absolute atomic E-state index is 0.105. The van der Waals surface area contributed by atoms with Crippen molar-refractivity contribution in [1.82, 2.24) is 34.0 Å². The molecule has 6 rings (SSSR count). The highest BCUT2D eigenvalue weighted by Gasteiger charge is 2.34. The Morgan fingerprint density at radius 3 is 2.65 bits per heavy atom. The molecular formula is C27H25N7O5S. The average molecular weight is 560 g/mol. The number of amides is 2. The van der Waals surface area contributed by atoms with Crippen molar-refractivity contribution in [2.45, 2.75) is 30.2 Å². The van der Waals surface area contributed by atoms with Crippen LogP contribution in [0.15, 0.2) is 78.1 Å². The second-order valence-corrected chi connectivity index (χ2v) is 11.2. The van der Waals surface area contributed by atoms with Crippen molar-refractivity contribution in [2.24, 2.45) is 0 Å². The van der Waals surface area contributed by atoms with Gasteiger partial charge in [-0.15, -0.1) is 0 Å². The number of rotatable bonds is 7. The van der Waals surface area contributed by atoms with Crippen molar-refractivity contribution in [3.8, 4) is 11.1 Å². The Kier molecular flexibility index (Phi) is 6.42. The quantitative estimate of drug-likeness (QED) is 0.309. The fourth-order valence-corrected chi connectivity index (χ4v) is 6.78. The fraction of sp³-hybridized carbons (Fsp3) is 0.222. The van der Waals surface area contributed by atoms with Gasteiger partial charge < -0.3 is 10.4 Å². The highest BCUT2D eigenvalue weighted by atomic mass is 32.2. The van der Waals surface area contributed by atoms with Gasteiger partial charge in [-0.05, 0) is 54.8 Å². The normalized spacial score (nSPS) is 15.6. The van der Waals surface area contributed by atoms with E-state index in [1.54, 1.807) is 55.0 Å². The molecule has 0 radical (unpaired) electrons. The highest BCUT2D eigenvalue weighted by molar-refractivity contribution is 7.90. The number of carbonyl (C=O) groups excluding carboxylic acids is 1. The van der Waals surface area contributed by atoms with Gasteiger partial charge >= 0.3 is 6.09 Å². The summed E-state index contributed by atoms with van der Waals surface area (Å²) in [4.78, 5) is 30.0. The van der Waals surface area contributed by atoms with Crippen molar-refractivity contribution < 1.29 is 23.1 Å². The van der Waals surface area contributed by atoms with Gasteiger partial charge in [-0.2, -0.15) is 14.8 Å². The number of carbonyl (C=O) groups is 2. The van der Waals surface area contributed by atoms with Crippen LogP contribution in [-0.2, 0) is 21.2 Å². The number of fused-ring (bicyclic) bond motifs is 2. The summed E-state index contributed by atoms with van der Waals surface area (Å²) in [5.74, 6) is -0.397. The lowest BCUT2D eigenvalue weighted by Gasteiger charge is -2.20. The molecule has 2 N–H and O–H groups in total. The van der Waals surface area contributed by atoms with Crippen LogP contribution in [-0.4, -0.2) is 73.3 Å². The van der Waals surface area contributed by atoms with Crippen LogP contribution in [0.5, 0.6) is 0 Å². The van der Waals surface area contributed by atoms with E-state index < -0.39 is 28.1 Å². The van der Waals surface area contributed by atoms with E-state index in [-0.39, 0.29) is 23.5 Å². The van der Waals surface area contributed by atoms with Crippen molar-refractivity contribution in [3.05, 3.63) is 78.9 Å². The number of aromatic nitrogens is 5. The maximum atomic E-state index is 13.9. The van der Waals surface area contributed by atoms with Crippen molar-refractivity contribution >= 4 is 38.6 Å². The average Bonchev–Trinajstić information content (AvgIpc) is 3.70. The summed E-state index contributed by atoms with van der Waals surface area (Å²) in [5, 5.41) is 21.3. The molecule has 5 aromatic rings. The van der Waals surface area contributed by atoms with E-state index >= 15 is 0 Å². The molecule has 0 saturated carbocycles. The summed E-state index contributed by atoms with van der Waals surface area (Å²) in [7, 11) is -4.04. The molecule has 0 spiro atoms. The lowest BCUT2D eigenvalue weighted by molar-refractivity contribution is -0.124. The molecule has 1 fully saturated rings. The second kappa shape index (κ2) is 10.1. The van der Waals surface area contributed by atoms with Crippen LogP contribution in [0.25, 0.3) is 27.7 Å². The molecule has 12 nitrogen and oxygen atoms in total. The van der Waals surface area contributed by atoms with Crippen molar-refractivity contribution in [1.29, 1.82) is 0 Å². The first-order chi connectivity index (χ1) is 19.4. The first-order valence-electron chi connectivity index (χ1n) is 12.7. The molecule has 1 aliphatic rings. The summed E-state index contributed by atoms with van der Waals surface area (Å²) in [6, 6.07) is 14.6. The molecule has 0 unspecified atom stereocenters. The molecule has 1 saturated heterocycles. The van der Waals surface area contributed by atoms with Crippen LogP contribution in [0.1, 0.15) is 18.5 Å². The van der Waals surface area contributed by atoms with Gasteiger partial charge in [0, 0.05) is 48.5 Å². The zero-order chi connectivity index (χ0) is 27.9. The Bertz CT molecular complexity index is 1850. The third-order valence-corrected chi connectivity index (χ3v) is 8.85. The van der Waals surface area contributed by atoms with E-state index in [0.717, 1.165) is 21.5 Å². The van der Waals surface area contributed by atoms with E-state index in [2.05, 4.69) is 20.5 Å². The lowest BCUT2D eigenvalue weighted by Crippen LogP contribution is -2.45. The van der Waals surface area contributed by atoms with E-state index in [1.807, 2.05) is 6.07 Å². The summed E-state index contributed by atoms with van der Waals surface area (Å²) in [5.41, 5.74) is 2.93. The number of hydrogen-bond acceptors (Lipinski definition) is 7. The van der Waals surface area contributed by atoms with Crippen molar-refractivity contribution in [3.63, 3.8) is 0 Å². The molecule has 0 bridgehead atoms. The van der Waals surface area contributed by atoms with Crippen molar-refractivity contribution in [2.75, 3.05) is 13.1 Å².